The lowest BCUT2D eigenvalue weighted by atomic mass is 10.1. The average molecular weight is 331 g/mol. The molecule has 2 aliphatic heterocycles. The molecule has 0 aromatic heterocycles. The minimum Gasteiger partial charge on any atom is -0.479 e. The molecule has 0 saturated carbocycles. The van der Waals surface area contributed by atoms with Crippen molar-refractivity contribution in [1.82, 2.24) is 10.6 Å². The molecule has 0 unspecified atom stereocenters. The van der Waals surface area contributed by atoms with E-state index in [4.69, 9.17) is 4.74 Å². The van der Waals surface area contributed by atoms with Crippen LogP contribution in [0.25, 0.3) is 0 Å². The summed E-state index contributed by atoms with van der Waals surface area (Å²) in [5.74, 6) is -0.212. The summed E-state index contributed by atoms with van der Waals surface area (Å²) in [6.45, 7) is 2.16. The highest BCUT2D eigenvalue weighted by molar-refractivity contribution is 6.04. The van der Waals surface area contributed by atoms with Crippen LogP contribution in [0.4, 0.5) is 5.69 Å². The normalized spacial score (nSPS) is 23.6. The highest BCUT2D eigenvalue weighted by Gasteiger charge is 2.33. The van der Waals surface area contributed by atoms with Crippen molar-refractivity contribution in [2.75, 3.05) is 18.0 Å². The van der Waals surface area contributed by atoms with Crippen LogP contribution < -0.4 is 20.3 Å². The number of para-hydroxylation sites is 2. The lowest BCUT2D eigenvalue weighted by molar-refractivity contribution is -0.130. The van der Waals surface area contributed by atoms with Gasteiger partial charge < -0.3 is 15.4 Å². The lowest BCUT2D eigenvalue weighted by Crippen LogP contribution is -2.52. The van der Waals surface area contributed by atoms with Crippen LogP contribution in [0, 0.1) is 0 Å². The van der Waals surface area contributed by atoms with E-state index in [9.17, 15) is 14.4 Å². The third-order valence-corrected chi connectivity index (χ3v) is 4.25. The molecule has 1 fully saturated rings. The zero-order valence-electron chi connectivity index (χ0n) is 13.6. The van der Waals surface area contributed by atoms with Crippen LogP contribution in [-0.2, 0) is 14.4 Å². The molecule has 3 rings (SSSR count). The number of carbonyl (C=O) groups is 3. The minimum atomic E-state index is -0.645. The number of nitrogens with zero attached hydrogens (tertiary/aromatic N) is 1. The molecule has 128 valence electrons. The first-order chi connectivity index (χ1) is 11.6. The van der Waals surface area contributed by atoms with Crippen molar-refractivity contribution in [3.63, 3.8) is 0 Å². The van der Waals surface area contributed by atoms with Crippen molar-refractivity contribution in [3.8, 4) is 5.75 Å². The molecule has 24 heavy (non-hydrogen) atoms. The number of anilines is 1. The standard InChI is InChI=1S/C17H21N3O4/c1-11-17(23)20(13-7-2-3-8-14(13)24-11)10-15(21)19-12-6-4-5-9-18-16(12)22/h2-3,7-8,11-12H,4-6,9-10H2,1H3,(H,18,22)(H,19,21)/t11-,12+/m0/s1. The Balaban J connectivity index is 1.71. The van der Waals surface area contributed by atoms with E-state index in [1.165, 1.54) is 4.90 Å². The summed E-state index contributed by atoms with van der Waals surface area (Å²) >= 11 is 0. The van der Waals surface area contributed by atoms with Gasteiger partial charge in [-0.25, -0.2) is 0 Å². The van der Waals surface area contributed by atoms with Gasteiger partial charge in [0.15, 0.2) is 6.10 Å². The molecular weight excluding hydrogens is 310 g/mol. The Morgan fingerprint density at radius 1 is 1.33 bits per heavy atom. The summed E-state index contributed by atoms with van der Waals surface area (Å²) in [6, 6.07) is 6.57. The SMILES string of the molecule is C[C@@H]1Oc2ccccc2N(CC(=O)N[C@@H]2CCCCNC2=O)C1=O. The summed E-state index contributed by atoms with van der Waals surface area (Å²) in [7, 11) is 0. The fourth-order valence-corrected chi connectivity index (χ4v) is 2.98. The number of benzene rings is 1. The number of hydrogen-bond acceptors (Lipinski definition) is 4. The molecule has 3 amide bonds. The smallest absolute Gasteiger partial charge is 0.268 e. The molecular formula is C17H21N3O4. The van der Waals surface area contributed by atoms with Crippen LogP contribution in [-0.4, -0.2) is 43.0 Å². The fraction of sp³-hybridized carbons (Fsp3) is 0.471. The van der Waals surface area contributed by atoms with Gasteiger partial charge in [0.25, 0.3) is 5.91 Å². The quantitative estimate of drug-likeness (QED) is 0.848. The van der Waals surface area contributed by atoms with E-state index in [0.29, 0.717) is 24.4 Å². The van der Waals surface area contributed by atoms with Crippen LogP contribution in [0.1, 0.15) is 26.2 Å². The van der Waals surface area contributed by atoms with E-state index in [2.05, 4.69) is 10.6 Å². The largest absolute Gasteiger partial charge is 0.479 e. The second-order valence-electron chi connectivity index (χ2n) is 6.06. The first-order valence-corrected chi connectivity index (χ1v) is 8.20. The van der Waals surface area contributed by atoms with Gasteiger partial charge in [-0.2, -0.15) is 0 Å². The number of rotatable bonds is 3. The third kappa shape index (κ3) is 3.34. The van der Waals surface area contributed by atoms with Crippen LogP contribution in [0.2, 0.25) is 0 Å². The first kappa shape index (κ1) is 16.3. The van der Waals surface area contributed by atoms with E-state index in [0.717, 1.165) is 12.8 Å². The van der Waals surface area contributed by atoms with Crippen LogP contribution in [0.5, 0.6) is 5.75 Å². The van der Waals surface area contributed by atoms with Crippen molar-refractivity contribution in [1.29, 1.82) is 0 Å². The van der Waals surface area contributed by atoms with E-state index < -0.39 is 12.1 Å². The molecule has 2 atom stereocenters. The molecule has 1 aromatic carbocycles. The van der Waals surface area contributed by atoms with E-state index in [1.54, 1.807) is 25.1 Å². The maximum Gasteiger partial charge on any atom is 0.268 e. The van der Waals surface area contributed by atoms with Gasteiger partial charge in [0.2, 0.25) is 11.8 Å². The fourth-order valence-electron chi connectivity index (χ4n) is 2.98. The van der Waals surface area contributed by atoms with E-state index >= 15 is 0 Å². The maximum absolute atomic E-state index is 12.4. The van der Waals surface area contributed by atoms with Gasteiger partial charge in [-0.3, -0.25) is 19.3 Å². The molecule has 1 aromatic rings. The molecule has 0 spiro atoms. The Bertz CT molecular complexity index is 661. The van der Waals surface area contributed by atoms with Gasteiger partial charge in [-0.15, -0.1) is 0 Å². The highest BCUT2D eigenvalue weighted by atomic mass is 16.5. The topological polar surface area (TPSA) is 87.7 Å². The summed E-state index contributed by atoms with van der Waals surface area (Å²) in [6.07, 6.45) is 1.75. The Kier molecular flexibility index (Phi) is 4.69. The van der Waals surface area contributed by atoms with Crippen LogP contribution in [0.15, 0.2) is 24.3 Å². The van der Waals surface area contributed by atoms with Gasteiger partial charge in [-0.1, -0.05) is 12.1 Å². The summed E-state index contributed by atoms with van der Waals surface area (Å²) in [4.78, 5) is 38.1. The van der Waals surface area contributed by atoms with Crippen molar-refractivity contribution in [3.05, 3.63) is 24.3 Å². The predicted molar refractivity (Wildman–Crippen MR) is 87.7 cm³/mol. The number of amides is 3. The molecule has 7 heteroatoms. The molecule has 2 heterocycles. The minimum absolute atomic E-state index is 0.132. The monoisotopic (exact) mass is 331 g/mol. The number of ether oxygens (including phenoxy) is 1. The molecule has 2 aliphatic rings. The molecule has 0 bridgehead atoms. The van der Waals surface area contributed by atoms with Crippen LogP contribution >= 0.6 is 0 Å². The third-order valence-electron chi connectivity index (χ3n) is 4.25. The molecule has 1 saturated heterocycles. The number of carbonyl (C=O) groups excluding carboxylic acids is 3. The first-order valence-electron chi connectivity index (χ1n) is 8.20. The average Bonchev–Trinajstić information content (AvgIpc) is 2.76. The maximum atomic E-state index is 12.4. The second-order valence-corrected chi connectivity index (χ2v) is 6.06. The Labute approximate surface area is 140 Å². The second kappa shape index (κ2) is 6.90. The Morgan fingerprint density at radius 2 is 2.12 bits per heavy atom. The molecule has 0 radical (unpaired) electrons. The Morgan fingerprint density at radius 3 is 2.96 bits per heavy atom. The number of fused-ring (bicyclic) bond motifs is 1. The molecule has 0 aliphatic carbocycles. The van der Waals surface area contributed by atoms with Crippen molar-refractivity contribution in [2.24, 2.45) is 0 Å². The summed E-state index contributed by atoms with van der Waals surface area (Å²) < 4.78 is 5.55. The Hall–Kier alpha value is -2.57. The van der Waals surface area contributed by atoms with Crippen molar-refractivity contribution >= 4 is 23.4 Å². The summed E-state index contributed by atoms with van der Waals surface area (Å²) in [5.41, 5.74) is 0.570. The van der Waals surface area contributed by atoms with Crippen molar-refractivity contribution < 1.29 is 19.1 Å². The molecule has 2 N–H and O–H groups in total. The van der Waals surface area contributed by atoms with Gasteiger partial charge in [0, 0.05) is 6.54 Å². The molecule has 7 nitrogen and oxygen atoms in total. The van der Waals surface area contributed by atoms with Gasteiger partial charge in [0.1, 0.15) is 18.3 Å². The van der Waals surface area contributed by atoms with Gasteiger partial charge in [0.05, 0.1) is 5.69 Å². The van der Waals surface area contributed by atoms with Gasteiger partial charge in [-0.05, 0) is 38.3 Å². The number of hydrogen-bond donors (Lipinski definition) is 2. The van der Waals surface area contributed by atoms with Crippen molar-refractivity contribution in [2.45, 2.75) is 38.3 Å². The van der Waals surface area contributed by atoms with Crippen LogP contribution in [0.3, 0.4) is 0 Å². The predicted octanol–water partition coefficient (Wildman–Crippen LogP) is 0.585. The van der Waals surface area contributed by atoms with Gasteiger partial charge >= 0.3 is 0 Å². The number of nitrogens with one attached hydrogen (secondary N) is 2. The van der Waals surface area contributed by atoms with E-state index in [1.807, 2.05) is 6.07 Å². The van der Waals surface area contributed by atoms with E-state index in [-0.39, 0.29) is 24.3 Å². The zero-order valence-corrected chi connectivity index (χ0v) is 13.6. The highest BCUT2D eigenvalue weighted by Crippen LogP contribution is 2.33. The summed E-state index contributed by atoms with van der Waals surface area (Å²) in [5, 5.41) is 5.52. The zero-order chi connectivity index (χ0) is 17.1. The lowest BCUT2D eigenvalue weighted by Gasteiger charge is -2.32.